The summed E-state index contributed by atoms with van der Waals surface area (Å²) < 4.78 is 30.4. The fourth-order valence-corrected chi connectivity index (χ4v) is 4.24. The lowest BCUT2D eigenvalue weighted by molar-refractivity contribution is 0.0952. The molecule has 3 aromatic rings. The van der Waals surface area contributed by atoms with Crippen molar-refractivity contribution >= 4 is 27.3 Å². The van der Waals surface area contributed by atoms with E-state index < -0.39 is 10.0 Å². The van der Waals surface area contributed by atoms with Crippen molar-refractivity contribution in [3.05, 3.63) is 72.8 Å². The Hall–Kier alpha value is -3.33. The molecule has 31 heavy (non-hydrogen) atoms. The number of aromatic nitrogens is 2. The number of carbonyl (C=O) groups excluding carboxylic acids is 1. The van der Waals surface area contributed by atoms with Gasteiger partial charge in [-0.25, -0.2) is 13.4 Å². The lowest BCUT2D eigenvalue weighted by Gasteiger charge is -2.14. The Labute approximate surface area is 181 Å². The van der Waals surface area contributed by atoms with Gasteiger partial charge in [0.2, 0.25) is 0 Å². The first-order valence-electron chi connectivity index (χ1n) is 10.2. The third-order valence-corrected chi connectivity index (χ3v) is 6.37. The standard InChI is InChI=1S/C22H25N5O3S/c28-22(24-9-11-27-10-8-23-16-27)18-12-20(25-15-17-6-7-17)14-21(13-18)31(29,30)26-19-4-2-1-3-5-19/h1-5,8,10,12-14,16-17,25-26H,6-7,9,11,15H2,(H,24,28). The monoisotopic (exact) mass is 439 g/mol. The number of hydrogen-bond acceptors (Lipinski definition) is 5. The van der Waals surface area contributed by atoms with E-state index in [0.717, 1.165) is 6.54 Å². The Balaban J connectivity index is 1.53. The van der Waals surface area contributed by atoms with Gasteiger partial charge in [-0.3, -0.25) is 9.52 Å². The van der Waals surface area contributed by atoms with Gasteiger partial charge in [-0.2, -0.15) is 0 Å². The van der Waals surface area contributed by atoms with Crippen LogP contribution in [0.3, 0.4) is 0 Å². The molecule has 0 spiro atoms. The molecule has 3 N–H and O–H groups in total. The molecule has 0 unspecified atom stereocenters. The second-order valence-corrected chi connectivity index (χ2v) is 9.28. The summed E-state index contributed by atoms with van der Waals surface area (Å²) in [7, 11) is -3.85. The van der Waals surface area contributed by atoms with E-state index in [-0.39, 0.29) is 10.8 Å². The summed E-state index contributed by atoms with van der Waals surface area (Å²) in [6.07, 6.45) is 7.50. The number of imidazole rings is 1. The number of sulfonamides is 1. The van der Waals surface area contributed by atoms with Crippen molar-refractivity contribution in [3.63, 3.8) is 0 Å². The highest BCUT2D eigenvalue weighted by atomic mass is 32.2. The van der Waals surface area contributed by atoms with Crippen molar-refractivity contribution < 1.29 is 13.2 Å². The molecule has 1 aliphatic rings. The van der Waals surface area contributed by atoms with E-state index in [0.29, 0.717) is 35.9 Å². The van der Waals surface area contributed by atoms with Crippen LogP contribution in [0.5, 0.6) is 0 Å². The molecule has 0 radical (unpaired) electrons. The van der Waals surface area contributed by atoms with Crippen molar-refractivity contribution in [2.45, 2.75) is 24.3 Å². The fourth-order valence-electron chi connectivity index (χ4n) is 3.11. The number of anilines is 2. The number of carbonyl (C=O) groups is 1. The van der Waals surface area contributed by atoms with E-state index in [1.54, 1.807) is 48.9 Å². The lowest BCUT2D eigenvalue weighted by Crippen LogP contribution is -2.27. The molecule has 0 atom stereocenters. The highest BCUT2D eigenvalue weighted by molar-refractivity contribution is 7.92. The molecule has 0 bridgehead atoms. The van der Waals surface area contributed by atoms with Gasteiger partial charge in [-0.15, -0.1) is 0 Å². The van der Waals surface area contributed by atoms with Gasteiger partial charge in [-0.1, -0.05) is 18.2 Å². The Morgan fingerprint density at radius 1 is 1.10 bits per heavy atom. The van der Waals surface area contributed by atoms with Gasteiger partial charge in [0.1, 0.15) is 0 Å². The van der Waals surface area contributed by atoms with Crippen LogP contribution >= 0.6 is 0 Å². The van der Waals surface area contributed by atoms with Crippen LogP contribution in [0.2, 0.25) is 0 Å². The third-order valence-electron chi connectivity index (χ3n) is 5.01. The molecule has 4 rings (SSSR count). The maximum Gasteiger partial charge on any atom is 0.261 e. The molecule has 162 valence electrons. The van der Waals surface area contributed by atoms with E-state index in [4.69, 9.17) is 0 Å². The van der Waals surface area contributed by atoms with E-state index in [1.807, 2.05) is 16.8 Å². The van der Waals surface area contributed by atoms with Gasteiger partial charge in [0, 0.05) is 49.0 Å². The quantitative estimate of drug-likeness (QED) is 0.450. The number of para-hydroxylation sites is 1. The van der Waals surface area contributed by atoms with Gasteiger partial charge in [-0.05, 0) is 49.1 Å². The number of nitrogens with zero attached hydrogens (tertiary/aromatic N) is 2. The fraction of sp³-hybridized carbons (Fsp3) is 0.273. The maximum atomic E-state index is 13.0. The zero-order valence-electron chi connectivity index (χ0n) is 17.0. The van der Waals surface area contributed by atoms with Crippen molar-refractivity contribution in [1.82, 2.24) is 14.9 Å². The summed E-state index contributed by atoms with van der Waals surface area (Å²) in [6.45, 7) is 1.74. The number of amides is 1. The highest BCUT2D eigenvalue weighted by Gasteiger charge is 2.22. The van der Waals surface area contributed by atoms with E-state index in [9.17, 15) is 13.2 Å². The number of rotatable bonds is 10. The molecule has 0 saturated heterocycles. The Morgan fingerprint density at radius 2 is 1.90 bits per heavy atom. The summed E-state index contributed by atoms with van der Waals surface area (Å²) >= 11 is 0. The first-order chi connectivity index (χ1) is 15.0. The van der Waals surface area contributed by atoms with E-state index >= 15 is 0 Å². The molecule has 9 heteroatoms. The lowest BCUT2D eigenvalue weighted by atomic mass is 10.2. The minimum absolute atomic E-state index is 0.0388. The van der Waals surface area contributed by atoms with Crippen molar-refractivity contribution in [2.24, 2.45) is 5.92 Å². The minimum atomic E-state index is -3.85. The van der Waals surface area contributed by atoms with Gasteiger partial charge >= 0.3 is 0 Å². The normalized spacial score (nSPS) is 13.5. The molecule has 8 nitrogen and oxygen atoms in total. The van der Waals surface area contributed by atoms with Gasteiger partial charge in [0.05, 0.1) is 11.2 Å². The van der Waals surface area contributed by atoms with Crippen LogP contribution in [0.15, 0.2) is 72.1 Å². The van der Waals surface area contributed by atoms with Crippen molar-refractivity contribution in [3.8, 4) is 0 Å². The number of hydrogen-bond donors (Lipinski definition) is 3. The Morgan fingerprint density at radius 3 is 2.61 bits per heavy atom. The van der Waals surface area contributed by atoms with Gasteiger partial charge in [0.25, 0.3) is 15.9 Å². The molecule has 1 amide bonds. The molecule has 2 aromatic carbocycles. The average Bonchev–Trinajstić information content (AvgIpc) is 3.46. The molecule has 1 saturated carbocycles. The van der Waals surface area contributed by atoms with Crippen molar-refractivity contribution in [2.75, 3.05) is 23.1 Å². The highest BCUT2D eigenvalue weighted by Crippen LogP contribution is 2.29. The van der Waals surface area contributed by atoms with Crippen LogP contribution in [-0.4, -0.2) is 37.0 Å². The van der Waals surface area contributed by atoms with Gasteiger partial charge in [0.15, 0.2) is 0 Å². The van der Waals surface area contributed by atoms with Crippen molar-refractivity contribution in [1.29, 1.82) is 0 Å². The molecule has 1 aliphatic carbocycles. The Bertz CT molecular complexity index is 1130. The van der Waals surface area contributed by atoms with Crippen LogP contribution in [-0.2, 0) is 16.6 Å². The van der Waals surface area contributed by atoms with E-state index in [2.05, 4.69) is 20.3 Å². The Kier molecular flexibility index (Phi) is 6.22. The number of nitrogens with one attached hydrogen (secondary N) is 3. The summed E-state index contributed by atoms with van der Waals surface area (Å²) in [4.78, 5) is 16.7. The average molecular weight is 440 g/mol. The molecule has 1 aromatic heterocycles. The summed E-state index contributed by atoms with van der Waals surface area (Å²) in [5.74, 6) is 0.279. The second-order valence-electron chi connectivity index (χ2n) is 7.60. The molecule has 1 heterocycles. The summed E-state index contributed by atoms with van der Waals surface area (Å²) in [6, 6.07) is 13.3. The third kappa shape index (κ3) is 5.85. The van der Waals surface area contributed by atoms with Crippen LogP contribution in [0, 0.1) is 5.92 Å². The molecular formula is C22H25N5O3S. The van der Waals surface area contributed by atoms with Crippen LogP contribution in [0.1, 0.15) is 23.2 Å². The second kappa shape index (κ2) is 9.22. The van der Waals surface area contributed by atoms with Crippen LogP contribution in [0.4, 0.5) is 11.4 Å². The first kappa shape index (κ1) is 20.9. The van der Waals surface area contributed by atoms with Crippen LogP contribution in [0.25, 0.3) is 0 Å². The predicted octanol–water partition coefficient (Wildman–Crippen LogP) is 2.94. The predicted molar refractivity (Wildman–Crippen MR) is 119 cm³/mol. The minimum Gasteiger partial charge on any atom is -0.385 e. The van der Waals surface area contributed by atoms with Crippen LogP contribution < -0.4 is 15.4 Å². The smallest absolute Gasteiger partial charge is 0.261 e. The summed E-state index contributed by atoms with van der Waals surface area (Å²) in [5, 5.41) is 6.11. The van der Waals surface area contributed by atoms with Gasteiger partial charge < -0.3 is 15.2 Å². The molecule has 1 fully saturated rings. The SMILES string of the molecule is O=C(NCCn1ccnc1)c1cc(NCC2CC2)cc(S(=O)(=O)Nc2ccccc2)c1. The number of benzene rings is 2. The molecular weight excluding hydrogens is 414 g/mol. The summed E-state index contributed by atoms with van der Waals surface area (Å²) in [5.41, 5.74) is 1.37. The van der Waals surface area contributed by atoms with E-state index in [1.165, 1.54) is 18.9 Å². The largest absolute Gasteiger partial charge is 0.385 e. The topological polar surface area (TPSA) is 105 Å². The molecule has 0 aliphatic heterocycles. The first-order valence-corrected chi connectivity index (χ1v) is 11.7. The zero-order chi connectivity index (χ0) is 21.7. The zero-order valence-corrected chi connectivity index (χ0v) is 17.8. The maximum absolute atomic E-state index is 13.0.